The van der Waals surface area contributed by atoms with Gasteiger partial charge in [0.15, 0.2) is 0 Å². The lowest BCUT2D eigenvalue weighted by Gasteiger charge is -2.21. The Morgan fingerprint density at radius 2 is 2.04 bits per heavy atom. The molecule has 1 unspecified atom stereocenters. The maximum absolute atomic E-state index is 13.2. The molecule has 6 heteroatoms. The second-order valence-electron chi connectivity index (χ2n) is 6.32. The molecule has 2 aromatic carbocycles. The molecule has 1 N–H and O–H groups in total. The molecule has 2 aromatic rings. The molecule has 3 rings (SSSR count). The van der Waals surface area contributed by atoms with Gasteiger partial charge in [0.25, 0.3) is 0 Å². The molecule has 0 aromatic heterocycles. The van der Waals surface area contributed by atoms with E-state index in [1.54, 1.807) is 17.0 Å². The van der Waals surface area contributed by atoms with Crippen molar-refractivity contribution in [3.8, 4) is 0 Å². The Labute approximate surface area is 150 Å². The third-order valence-corrected chi connectivity index (χ3v) is 4.54. The van der Waals surface area contributed by atoms with Crippen molar-refractivity contribution in [3.05, 3.63) is 58.4 Å². The molecule has 1 fully saturated rings. The Bertz CT molecular complexity index is 830. The molecule has 1 aliphatic rings. The van der Waals surface area contributed by atoms with Gasteiger partial charge in [-0.15, -0.1) is 0 Å². The molecule has 4 nitrogen and oxygen atoms in total. The standard InChI is InChI=1S/C19H18ClFN2O2/c1-11-6-12(2)18(16(20)7-11)23-10-13(8-17(23)24)19(25)22-15-5-3-4-14(21)9-15/h3-7,9,13H,8,10H2,1-2H3,(H,22,25). The highest BCUT2D eigenvalue weighted by Crippen LogP contribution is 2.35. The van der Waals surface area contributed by atoms with Crippen LogP contribution < -0.4 is 10.2 Å². The van der Waals surface area contributed by atoms with Gasteiger partial charge in [0.2, 0.25) is 11.8 Å². The number of halogens is 2. The van der Waals surface area contributed by atoms with Gasteiger partial charge < -0.3 is 10.2 Å². The number of carbonyl (C=O) groups is 2. The zero-order valence-electron chi connectivity index (χ0n) is 14.0. The fourth-order valence-corrected chi connectivity index (χ4v) is 3.58. The molecule has 2 amide bonds. The van der Waals surface area contributed by atoms with Gasteiger partial charge >= 0.3 is 0 Å². The lowest BCUT2D eigenvalue weighted by molar-refractivity contribution is -0.122. The van der Waals surface area contributed by atoms with Crippen LogP contribution in [0.25, 0.3) is 0 Å². The smallest absolute Gasteiger partial charge is 0.229 e. The predicted molar refractivity (Wildman–Crippen MR) is 96.4 cm³/mol. The maximum atomic E-state index is 13.2. The number of anilines is 2. The summed E-state index contributed by atoms with van der Waals surface area (Å²) in [4.78, 5) is 26.4. The highest BCUT2D eigenvalue weighted by molar-refractivity contribution is 6.34. The molecular formula is C19H18ClFN2O2. The molecule has 1 saturated heterocycles. The summed E-state index contributed by atoms with van der Waals surface area (Å²) in [5, 5.41) is 3.16. The van der Waals surface area contributed by atoms with Gasteiger partial charge in [-0.25, -0.2) is 4.39 Å². The van der Waals surface area contributed by atoms with Gasteiger partial charge in [-0.05, 0) is 49.2 Å². The zero-order valence-corrected chi connectivity index (χ0v) is 14.7. The van der Waals surface area contributed by atoms with E-state index in [2.05, 4.69) is 5.32 Å². The molecule has 0 bridgehead atoms. The Morgan fingerprint density at radius 1 is 1.28 bits per heavy atom. The number of nitrogens with one attached hydrogen (secondary N) is 1. The highest BCUT2D eigenvalue weighted by atomic mass is 35.5. The Kier molecular flexibility index (Phi) is 4.77. The molecule has 1 heterocycles. The molecule has 0 saturated carbocycles. The highest BCUT2D eigenvalue weighted by Gasteiger charge is 2.36. The average Bonchev–Trinajstić information content (AvgIpc) is 2.88. The van der Waals surface area contributed by atoms with Crippen LogP contribution in [0, 0.1) is 25.6 Å². The van der Waals surface area contributed by atoms with Crippen molar-refractivity contribution < 1.29 is 14.0 Å². The first-order valence-electron chi connectivity index (χ1n) is 7.98. The van der Waals surface area contributed by atoms with Crippen LogP contribution >= 0.6 is 11.6 Å². The summed E-state index contributed by atoms with van der Waals surface area (Å²) in [7, 11) is 0. The minimum atomic E-state index is -0.507. The summed E-state index contributed by atoms with van der Waals surface area (Å²) in [5.41, 5.74) is 2.93. The Morgan fingerprint density at radius 3 is 2.72 bits per heavy atom. The minimum Gasteiger partial charge on any atom is -0.326 e. The fraction of sp³-hybridized carbons (Fsp3) is 0.263. The Hall–Kier alpha value is -2.40. The molecule has 0 spiro atoms. The van der Waals surface area contributed by atoms with E-state index in [1.807, 2.05) is 19.9 Å². The van der Waals surface area contributed by atoms with E-state index in [-0.39, 0.29) is 24.8 Å². The molecule has 130 valence electrons. The molecular weight excluding hydrogens is 343 g/mol. The van der Waals surface area contributed by atoms with Gasteiger partial charge in [0.05, 0.1) is 16.6 Å². The van der Waals surface area contributed by atoms with Crippen molar-refractivity contribution >= 4 is 34.8 Å². The first kappa shape index (κ1) is 17.4. The van der Waals surface area contributed by atoms with E-state index in [0.29, 0.717) is 16.4 Å². The maximum Gasteiger partial charge on any atom is 0.229 e. The van der Waals surface area contributed by atoms with Crippen LogP contribution in [-0.2, 0) is 9.59 Å². The van der Waals surface area contributed by atoms with Gasteiger partial charge in [0.1, 0.15) is 5.82 Å². The monoisotopic (exact) mass is 360 g/mol. The van der Waals surface area contributed by atoms with Crippen LogP contribution in [0.1, 0.15) is 17.5 Å². The van der Waals surface area contributed by atoms with Gasteiger partial charge in [-0.3, -0.25) is 9.59 Å². The number of benzene rings is 2. The number of nitrogens with zero attached hydrogens (tertiary/aromatic N) is 1. The normalized spacial score (nSPS) is 17.0. The molecule has 0 aliphatic carbocycles. The van der Waals surface area contributed by atoms with E-state index in [1.165, 1.54) is 18.2 Å². The first-order chi connectivity index (χ1) is 11.8. The van der Waals surface area contributed by atoms with Crippen molar-refractivity contribution in [2.75, 3.05) is 16.8 Å². The number of carbonyl (C=O) groups excluding carboxylic acids is 2. The van der Waals surface area contributed by atoms with Crippen molar-refractivity contribution in [1.29, 1.82) is 0 Å². The lowest BCUT2D eigenvalue weighted by Crippen LogP contribution is -2.28. The average molecular weight is 361 g/mol. The summed E-state index contributed by atoms with van der Waals surface area (Å²) in [6, 6.07) is 9.43. The van der Waals surface area contributed by atoms with Gasteiger partial charge in [0, 0.05) is 18.7 Å². The second kappa shape index (κ2) is 6.84. The third kappa shape index (κ3) is 3.66. The van der Waals surface area contributed by atoms with E-state index in [9.17, 15) is 14.0 Å². The van der Waals surface area contributed by atoms with Crippen LogP contribution in [0.5, 0.6) is 0 Å². The van der Waals surface area contributed by atoms with E-state index in [0.717, 1.165) is 11.1 Å². The molecule has 0 radical (unpaired) electrons. The van der Waals surface area contributed by atoms with Crippen molar-refractivity contribution in [2.45, 2.75) is 20.3 Å². The zero-order chi connectivity index (χ0) is 18.1. The van der Waals surface area contributed by atoms with Crippen LogP contribution in [-0.4, -0.2) is 18.4 Å². The summed E-state index contributed by atoms with van der Waals surface area (Å²) in [5.74, 6) is -1.38. The quantitative estimate of drug-likeness (QED) is 0.896. The first-order valence-corrected chi connectivity index (χ1v) is 8.36. The van der Waals surface area contributed by atoms with Crippen LogP contribution in [0.2, 0.25) is 5.02 Å². The SMILES string of the molecule is Cc1cc(C)c(N2CC(C(=O)Nc3cccc(F)c3)CC2=O)c(Cl)c1. The second-order valence-corrected chi connectivity index (χ2v) is 6.72. The third-order valence-electron chi connectivity index (χ3n) is 4.26. The molecule has 1 aliphatic heterocycles. The van der Waals surface area contributed by atoms with Crippen LogP contribution in [0.4, 0.5) is 15.8 Å². The lowest BCUT2D eigenvalue weighted by atomic mass is 10.1. The van der Waals surface area contributed by atoms with E-state index in [4.69, 9.17) is 11.6 Å². The number of rotatable bonds is 3. The van der Waals surface area contributed by atoms with Crippen LogP contribution in [0.3, 0.4) is 0 Å². The summed E-state index contributed by atoms with van der Waals surface area (Å²) < 4.78 is 13.2. The molecule has 1 atom stereocenters. The number of hydrogen-bond acceptors (Lipinski definition) is 2. The summed E-state index contributed by atoms with van der Waals surface area (Å²) in [6.45, 7) is 4.08. The predicted octanol–water partition coefficient (Wildman–Crippen LogP) is 4.09. The van der Waals surface area contributed by atoms with E-state index >= 15 is 0 Å². The van der Waals surface area contributed by atoms with Gasteiger partial charge in [-0.2, -0.15) is 0 Å². The van der Waals surface area contributed by atoms with Crippen molar-refractivity contribution in [1.82, 2.24) is 0 Å². The topological polar surface area (TPSA) is 49.4 Å². The molecule has 25 heavy (non-hydrogen) atoms. The van der Waals surface area contributed by atoms with E-state index < -0.39 is 11.7 Å². The summed E-state index contributed by atoms with van der Waals surface area (Å²) in [6.07, 6.45) is 0.102. The summed E-state index contributed by atoms with van der Waals surface area (Å²) >= 11 is 6.32. The number of aryl methyl sites for hydroxylation is 2. The number of hydrogen-bond donors (Lipinski definition) is 1. The Balaban J connectivity index is 1.77. The minimum absolute atomic E-state index is 0.102. The van der Waals surface area contributed by atoms with Crippen molar-refractivity contribution in [2.24, 2.45) is 5.92 Å². The van der Waals surface area contributed by atoms with Gasteiger partial charge in [-0.1, -0.05) is 23.7 Å². The van der Waals surface area contributed by atoms with Crippen molar-refractivity contribution in [3.63, 3.8) is 0 Å². The number of amides is 2. The van der Waals surface area contributed by atoms with Crippen LogP contribution in [0.15, 0.2) is 36.4 Å². The fourth-order valence-electron chi connectivity index (χ4n) is 3.16. The largest absolute Gasteiger partial charge is 0.326 e.